The summed E-state index contributed by atoms with van der Waals surface area (Å²) in [6.45, 7) is 7.41. The minimum absolute atomic E-state index is 0.549. The zero-order valence-corrected chi connectivity index (χ0v) is 11.4. The Morgan fingerprint density at radius 1 is 1.35 bits per heavy atom. The second kappa shape index (κ2) is 5.28. The van der Waals surface area contributed by atoms with E-state index in [2.05, 4.69) is 30.9 Å². The highest BCUT2D eigenvalue weighted by Gasteiger charge is 2.23. The molecule has 2 atom stereocenters. The van der Waals surface area contributed by atoms with Crippen molar-refractivity contribution in [2.45, 2.75) is 26.8 Å². The third-order valence-electron chi connectivity index (χ3n) is 3.92. The van der Waals surface area contributed by atoms with E-state index in [1.807, 2.05) is 6.07 Å². The van der Waals surface area contributed by atoms with Crippen LogP contribution in [-0.2, 0) is 6.54 Å². The van der Waals surface area contributed by atoms with E-state index in [-0.39, 0.29) is 0 Å². The molecule has 2 unspecified atom stereocenters. The average Bonchev–Trinajstić information content (AvgIpc) is 2.32. The lowest BCUT2D eigenvalue weighted by Gasteiger charge is -2.37. The van der Waals surface area contributed by atoms with Crippen LogP contribution in [0.5, 0.6) is 0 Å². The van der Waals surface area contributed by atoms with Gasteiger partial charge in [-0.2, -0.15) is 0 Å². The van der Waals surface area contributed by atoms with Gasteiger partial charge in [0.15, 0.2) is 0 Å². The summed E-state index contributed by atoms with van der Waals surface area (Å²) >= 11 is 6.33. The quantitative estimate of drug-likeness (QED) is 0.875. The number of hydrogen-bond donors (Lipinski definition) is 1. The summed E-state index contributed by atoms with van der Waals surface area (Å²) < 4.78 is 0. The van der Waals surface area contributed by atoms with E-state index in [1.54, 1.807) is 0 Å². The van der Waals surface area contributed by atoms with Gasteiger partial charge < -0.3 is 10.6 Å². The minimum atomic E-state index is 0.549. The van der Waals surface area contributed by atoms with Crippen molar-refractivity contribution in [3.63, 3.8) is 0 Å². The fraction of sp³-hybridized carbons (Fsp3) is 0.571. The largest absolute Gasteiger partial charge is 0.370 e. The zero-order valence-electron chi connectivity index (χ0n) is 10.6. The smallest absolute Gasteiger partial charge is 0.0642 e. The molecule has 0 radical (unpaired) electrons. The van der Waals surface area contributed by atoms with Crippen LogP contribution in [0.2, 0.25) is 5.02 Å². The lowest BCUT2D eigenvalue weighted by atomic mass is 9.88. The van der Waals surface area contributed by atoms with Gasteiger partial charge in [-0.25, -0.2) is 0 Å². The van der Waals surface area contributed by atoms with Gasteiger partial charge in [0.1, 0.15) is 0 Å². The van der Waals surface area contributed by atoms with E-state index < -0.39 is 0 Å². The molecule has 1 aliphatic rings. The van der Waals surface area contributed by atoms with Gasteiger partial charge in [0.25, 0.3) is 0 Å². The zero-order chi connectivity index (χ0) is 12.4. The van der Waals surface area contributed by atoms with E-state index in [0.29, 0.717) is 6.54 Å². The summed E-state index contributed by atoms with van der Waals surface area (Å²) in [5.41, 5.74) is 7.87. The lowest BCUT2D eigenvalue weighted by molar-refractivity contribution is 0.324. The first kappa shape index (κ1) is 12.7. The number of benzene rings is 1. The van der Waals surface area contributed by atoms with Crippen LogP contribution in [0.4, 0.5) is 5.69 Å². The molecule has 0 amide bonds. The van der Waals surface area contributed by atoms with Crippen LogP contribution in [0.15, 0.2) is 18.2 Å². The molecule has 0 aromatic heterocycles. The van der Waals surface area contributed by atoms with Crippen molar-refractivity contribution in [3.8, 4) is 0 Å². The van der Waals surface area contributed by atoms with Gasteiger partial charge in [0.2, 0.25) is 0 Å². The molecule has 1 saturated heterocycles. The minimum Gasteiger partial charge on any atom is -0.370 e. The second-order valence-corrected chi connectivity index (χ2v) is 5.59. The molecule has 2 nitrogen and oxygen atoms in total. The molecular formula is C14H21ClN2. The van der Waals surface area contributed by atoms with Gasteiger partial charge in [-0.15, -0.1) is 0 Å². The number of anilines is 1. The summed E-state index contributed by atoms with van der Waals surface area (Å²) in [5.74, 6) is 1.54. The number of piperidine rings is 1. The number of rotatable bonds is 2. The van der Waals surface area contributed by atoms with Crippen LogP contribution in [0.25, 0.3) is 0 Å². The van der Waals surface area contributed by atoms with Gasteiger partial charge in [0, 0.05) is 19.6 Å². The van der Waals surface area contributed by atoms with Gasteiger partial charge in [0.05, 0.1) is 10.7 Å². The van der Waals surface area contributed by atoms with E-state index >= 15 is 0 Å². The SMILES string of the molecule is CC1CCN(c2ccc(CN)cc2Cl)CC1C. The van der Waals surface area contributed by atoms with E-state index in [9.17, 15) is 0 Å². The maximum atomic E-state index is 6.33. The van der Waals surface area contributed by atoms with Crippen LogP contribution < -0.4 is 10.6 Å². The van der Waals surface area contributed by atoms with Crippen molar-refractivity contribution >= 4 is 17.3 Å². The number of halogens is 1. The normalized spacial score (nSPS) is 25.1. The maximum absolute atomic E-state index is 6.33. The molecule has 1 fully saturated rings. The molecular weight excluding hydrogens is 232 g/mol. The van der Waals surface area contributed by atoms with E-state index in [0.717, 1.165) is 41.2 Å². The first-order valence-corrected chi connectivity index (χ1v) is 6.73. The summed E-state index contributed by atoms with van der Waals surface area (Å²) in [5, 5.41) is 0.828. The molecule has 0 bridgehead atoms. The van der Waals surface area contributed by atoms with Crippen LogP contribution in [0.3, 0.4) is 0 Å². The summed E-state index contributed by atoms with van der Waals surface area (Å²) in [4.78, 5) is 2.40. The Morgan fingerprint density at radius 3 is 2.71 bits per heavy atom. The Kier molecular flexibility index (Phi) is 3.95. The molecule has 1 heterocycles. The summed E-state index contributed by atoms with van der Waals surface area (Å²) in [6.07, 6.45) is 1.25. The van der Waals surface area contributed by atoms with Crippen LogP contribution in [0, 0.1) is 11.8 Å². The van der Waals surface area contributed by atoms with E-state index in [4.69, 9.17) is 17.3 Å². The first-order chi connectivity index (χ1) is 8.11. The molecule has 1 aromatic carbocycles. The van der Waals surface area contributed by atoms with Crippen molar-refractivity contribution in [1.29, 1.82) is 0 Å². The Balaban J connectivity index is 2.17. The highest BCUT2D eigenvalue weighted by atomic mass is 35.5. The van der Waals surface area contributed by atoms with Crippen LogP contribution in [0.1, 0.15) is 25.8 Å². The number of hydrogen-bond acceptors (Lipinski definition) is 2. The summed E-state index contributed by atoms with van der Waals surface area (Å²) in [7, 11) is 0. The molecule has 1 aromatic rings. The molecule has 3 heteroatoms. The Labute approximate surface area is 109 Å². The molecule has 17 heavy (non-hydrogen) atoms. The van der Waals surface area contributed by atoms with Gasteiger partial charge in [-0.05, 0) is 36.0 Å². The van der Waals surface area contributed by atoms with Gasteiger partial charge in [-0.3, -0.25) is 0 Å². The van der Waals surface area contributed by atoms with Crippen LogP contribution >= 0.6 is 11.6 Å². The summed E-state index contributed by atoms with van der Waals surface area (Å²) in [6, 6.07) is 6.16. The molecule has 0 saturated carbocycles. The molecule has 0 spiro atoms. The molecule has 0 aliphatic carbocycles. The fourth-order valence-corrected chi connectivity index (χ4v) is 2.74. The van der Waals surface area contributed by atoms with Crippen molar-refractivity contribution in [2.75, 3.05) is 18.0 Å². The Bertz CT molecular complexity index is 392. The Hall–Kier alpha value is -0.730. The first-order valence-electron chi connectivity index (χ1n) is 6.35. The lowest BCUT2D eigenvalue weighted by Crippen LogP contribution is -2.38. The topological polar surface area (TPSA) is 29.3 Å². The van der Waals surface area contributed by atoms with E-state index in [1.165, 1.54) is 6.42 Å². The predicted octanol–water partition coefficient (Wildman–Crippen LogP) is 3.28. The third-order valence-corrected chi connectivity index (χ3v) is 4.23. The number of nitrogens with two attached hydrogens (primary N) is 1. The standard InChI is InChI=1S/C14H21ClN2/c1-10-5-6-17(9-11(10)2)14-4-3-12(8-16)7-13(14)15/h3-4,7,10-11H,5-6,8-9,16H2,1-2H3. The second-order valence-electron chi connectivity index (χ2n) is 5.18. The van der Waals surface area contributed by atoms with Gasteiger partial charge >= 0.3 is 0 Å². The average molecular weight is 253 g/mol. The van der Waals surface area contributed by atoms with Gasteiger partial charge in [-0.1, -0.05) is 31.5 Å². The van der Waals surface area contributed by atoms with Crippen molar-refractivity contribution in [2.24, 2.45) is 17.6 Å². The highest BCUT2D eigenvalue weighted by molar-refractivity contribution is 6.33. The highest BCUT2D eigenvalue weighted by Crippen LogP contribution is 2.32. The fourth-order valence-electron chi connectivity index (χ4n) is 2.42. The molecule has 2 rings (SSSR count). The van der Waals surface area contributed by atoms with Crippen molar-refractivity contribution in [1.82, 2.24) is 0 Å². The van der Waals surface area contributed by atoms with Crippen LogP contribution in [-0.4, -0.2) is 13.1 Å². The maximum Gasteiger partial charge on any atom is 0.0642 e. The third kappa shape index (κ3) is 2.75. The number of nitrogens with zero attached hydrogens (tertiary/aromatic N) is 1. The van der Waals surface area contributed by atoms with Crippen molar-refractivity contribution in [3.05, 3.63) is 28.8 Å². The molecule has 1 aliphatic heterocycles. The predicted molar refractivity (Wildman–Crippen MR) is 74.5 cm³/mol. The van der Waals surface area contributed by atoms with Crippen molar-refractivity contribution < 1.29 is 0 Å². The molecule has 94 valence electrons. The monoisotopic (exact) mass is 252 g/mol. The Morgan fingerprint density at radius 2 is 2.12 bits per heavy atom. The molecule has 2 N–H and O–H groups in total.